The van der Waals surface area contributed by atoms with Gasteiger partial charge in [-0.25, -0.2) is 0 Å². The summed E-state index contributed by atoms with van der Waals surface area (Å²) in [4.78, 5) is 15.0. The summed E-state index contributed by atoms with van der Waals surface area (Å²) in [6.07, 6.45) is 0.170. The lowest BCUT2D eigenvalue weighted by molar-refractivity contribution is 0.0989. The van der Waals surface area contributed by atoms with Gasteiger partial charge in [-0.1, -0.05) is 22.0 Å². The number of nitrogens with one attached hydrogen (secondary N) is 3. The minimum atomic E-state index is -0.639. The smallest absolute Gasteiger partial charge is 0.258 e. The molecule has 1 aromatic heterocycles. The predicted octanol–water partition coefficient (Wildman–Crippen LogP) is 3.85. The van der Waals surface area contributed by atoms with E-state index >= 15 is 0 Å². The Labute approximate surface area is 197 Å². The Hall–Kier alpha value is -2.95. The van der Waals surface area contributed by atoms with Crippen molar-refractivity contribution in [3.8, 4) is 5.88 Å². The number of carbonyl (C=O) groups is 1. The summed E-state index contributed by atoms with van der Waals surface area (Å²) in [5.74, 6) is -0.409. The molecule has 0 fully saturated rings. The number of amides is 1. The highest BCUT2D eigenvalue weighted by molar-refractivity contribution is 9.10. The van der Waals surface area contributed by atoms with Gasteiger partial charge in [-0.2, -0.15) is 4.37 Å². The lowest BCUT2D eigenvalue weighted by Gasteiger charge is -2.18. The van der Waals surface area contributed by atoms with Crippen molar-refractivity contribution in [1.29, 1.82) is 5.41 Å². The molecule has 1 atom stereocenters. The Morgan fingerprint density at radius 2 is 2.16 bits per heavy atom. The van der Waals surface area contributed by atoms with Gasteiger partial charge in [0.05, 0.1) is 6.10 Å². The monoisotopic (exact) mass is 515 g/mol. The molecule has 1 aliphatic rings. The largest absolute Gasteiger partial charge is 0.492 e. The molecule has 3 aromatic rings. The molecule has 0 spiro atoms. The van der Waals surface area contributed by atoms with Crippen LogP contribution < -0.4 is 15.5 Å². The molecule has 5 N–H and O–H groups in total. The number of aliphatic hydroxyl groups is 1. The summed E-state index contributed by atoms with van der Waals surface area (Å²) >= 11 is 4.49. The number of nitrogens with zero attached hydrogens (tertiary/aromatic N) is 2. The molecule has 2 heterocycles. The van der Waals surface area contributed by atoms with Gasteiger partial charge in [-0.3, -0.25) is 10.2 Å². The maximum atomic E-state index is 13.2. The molecule has 166 valence electrons. The number of amidine groups is 1. The van der Waals surface area contributed by atoms with Gasteiger partial charge in [0.25, 0.3) is 5.91 Å². The second kappa shape index (κ2) is 9.27. The minimum absolute atomic E-state index is 0.0493. The summed E-state index contributed by atoms with van der Waals surface area (Å²) in [5.41, 5.74) is 3.44. The van der Waals surface area contributed by atoms with E-state index in [1.54, 1.807) is 36.1 Å². The number of carbonyl (C=O) groups excluding carboxylic acids is 1. The first-order valence-corrected chi connectivity index (χ1v) is 11.6. The zero-order valence-electron chi connectivity index (χ0n) is 17.2. The van der Waals surface area contributed by atoms with E-state index in [4.69, 9.17) is 5.41 Å². The van der Waals surface area contributed by atoms with Gasteiger partial charge in [0.2, 0.25) is 5.88 Å². The molecule has 0 saturated carbocycles. The number of hydrogen-bond acceptors (Lipinski definition) is 7. The maximum absolute atomic E-state index is 13.2. The Kier molecular flexibility index (Phi) is 6.45. The van der Waals surface area contributed by atoms with Crippen LogP contribution in [0.5, 0.6) is 5.88 Å². The molecule has 10 heteroatoms. The second-order valence-corrected chi connectivity index (χ2v) is 9.19. The van der Waals surface area contributed by atoms with Crippen LogP contribution in [0.3, 0.4) is 0 Å². The molecule has 0 bridgehead atoms. The van der Waals surface area contributed by atoms with Crippen molar-refractivity contribution in [3.05, 3.63) is 63.6 Å². The highest BCUT2D eigenvalue weighted by Crippen LogP contribution is 2.34. The Morgan fingerprint density at radius 3 is 2.94 bits per heavy atom. The Balaban J connectivity index is 1.54. The van der Waals surface area contributed by atoms with Crippen molar-refractivity contribution in [2.45, 2.75) is 19.4 Å². The molecule has 2 aromatic carbocycles. The first-order valence-electron chi connectivity index (χ1n) is 10.0. The van der Waals surface area contributed by atoms with Gasteiger partial charge in [-0.05, 0) is 66.8 Å². The fourth-order valence-electron chi connectivity index (χ4n) is 3.53. The molecule has 8 nitrogen and oxygen atoms in total. The van der Waals surface area contributed by atoms with E-state index in [0.717, 1.165) is 33.7 Å². The molecule has 1 amide bonds. The minimum Gasteiger partial charge on any atom is -0.492 e. The number of fused-ring (bicyclic) bond motifs is 1. The van der Waals surface area contributed by atoms with E-state index < -0.39 is 6.10 Å². The number of aliphatic hydroxyl groups excluding tert-OH is 1. The van der Waals surface area contributed by atoms with Crippen molar-refractivity contribution in [2.24, 2.45) is 0 Å². The highest BCUT2D eigenvalue weighted by atomic mass is 79.9. The third-order valence-corrected chi connectivity index (χ3v) is 6.29. The molecular weight excluding hydrogens is 494 g/mol. The fraction of sp³-hybridized carbons (Fsp3) is 0.227. The summed E-state index contributed by atoms with van der Waals surface area (Å²) in [7, 11) is 0. The van der Waals surface area contributed by atoms with Crippen LogP contribution in [0.15, 0.2) is 46.9 Å². The summed E-state index contributed by atoms with van der Waals surface area (Å²) < 4.78 is 4.92. The standard InChI is InChI=1S/C22H22BrN5O3S/c1-12(29)11-25-19(24)18-20(30)27-32-21(18)26-16-4-2-3-14(10-16)22(31)28-8-7-13-9-15(23)5-6-17(13)28/h2-6,9-10,12,26,29H,7-8,11H2,1H3,(H2,24,25)(H,27,30). The third-order valence-electron chi connectivity index (χ3n) is 5.05. The van der Waals surface area contributed by atoms with Crippen molar-refractivity contribution in [2.75, 3.05) is 23.3 Å². The van der Waals surface area contributed by atoms with Crippen molar-refractivity contribution in [3.63, 3.8) is 0 Å². The molecular formula is C22H22BrN5O3S. The van der Waals surface area contributed by atoms with Gasteiger partial charge >= 0.3 is 0 Å². The Bertz CT molecular complexity index is 1180. The van der Waals surface area contributed by atoms with Gasteiger partial charge in [-0.15, -0.1) is 0 Å². The van der Waals surface area contributed by atoms with E-state index in [0.29, 0.717) is 22.8 Å². The van der Waals surface area contributed by atoms with Crippen molar-refractivity contribution in [1.82, 2.24) is 9.69 Å². The predicted molar refractivity (Wildman–Crippen MR) is 130 cm³/mol. The molecule has 1 aliphatic heterocycles. The van der Waals surface area contributed by atoms with Crippen LogP contribution in [-0.4, -0.2) is 45.5 Å². The van der Waals surface area contributed by atoms with E-state index in [9.17, 15) is 15.0 Å². The number of benzene rings is 2. The average Bonchev–Trinajstić information content (AvgIpc) is 3.34. The topological polar surface area (TPSA) is 122 Å². The van der Waals surface area contributed by atoms with E-state index in [2.05, 4.69) is 30.9 Å². The van der Waals surface area contributed by atoms with Gasteiger partial charge in [0.15, 0.2) is 0 Å². The molecule has 0 radical (unpaired) electrons. The van der Waals surface area contributed by atoms with Crippen LogP contribution in [0.1, 0.15) is 28.4 Å². The fourth-order valence-corrected chi connectivity index (χ4v) is 4.65. The molecule has 1 unspecified atom stereocenters. The molecule has 32 heavy (non-hydrogen) atoms. The zero-order valence-corrected chi connectivity index (χ0v) is 19.6. The average molecular weight is 516 g/mol. The zero-order chi connectivity index (χ0) is 22.8. The third kappa shape index (κ3) is 4.62. The van der Waals surface area contributed by atoms with Crippen LogP contribution in [-0.2, 0) is 6.42 Å². The van der Waals surface area contributed by atoms with Crippen molar-refractivity contribution >= 4 is 55.6 Å². The number of aromatic hydroxyl groups is 1. The molecule has 4 rings (SSSR count). The first-order chi connectivity index (χ1) is 15.3. The van der Waals surface area contributed by atoms with Crippen LogP contribution >= 0.6 is 27.5 Å². The van der Waals surface area contributed by atoms with Gasteiger partial charge in [0.1, 0.15) is 16.4 Å². The van der Waals surface area contributed by atoms with E-state index in [-0.39, 0.29) is 29.7 Å². The van der Waals surface area contributed by atoms with Crippen LogP contribution in [0, 0.1) is 5.41 Å². The number of aromatic nitrogens is 1. The molecule has 0 aliphatic carbocycles. The lowest BCUT2D eigenvalue weighted by Crippen LogP contribution is -2.30. The maximum Gasteiger partial charge on any atom is 0.258 e. The van der Waals surface area contributed by atoms with Crippen LogP contribution in [0.4, 0.5) is 16.4 Å². The van der Waals surface area contributed by atoms with Crippen LogP contribution in [0.25, 0.3) is 0 Å². The van der Waals surface area contributed by atoms with Crippen LogP contribution in [0.2, 0.25) is 0 Å². The number of halogens is 1. The van der Waals surface area contributed by atoms with Gasteiger partial charge < -0.3 is 25.7 Å². The second-order valence-electron chi connectivity index (χ2n) is 7.50. The van der Waals surface area contributed by atoms with E-state index in [1.165, 1.54) is 0 Å². The normalized spacial score (nSPS) is 13.5. The molecule has 0 saturated heterocycles. The first kappa shape index (κ1) is 22.3. The number of anilines is 3. The van der Waals surface area contributed by atoms with Gasteiger partial charge in [0, 0.05) is 34.5 Å². The Morgan fingerprint density at radius 1 is 1.34 bits per heavy atom. The highest BCUT2D eigenvalue weighted by Gasteiger charge is 2.26. The van der Waals surface area contributed by atoms with Crippen molar-refractivity contribution < 1.29 is 15.0 Å². The number of hydrogen-bond donors (Lipinski definition) is 5. The quantitative estimate of drug-likeness (QED) is 0.251. The number of rotatable bonds is 6. The SMILES string of the molecule is CC(O)CNC(=N)c1c(O)nsc1Nc1cccc(C(=O)N2CCc3cc(Br)ccc32)c1. The summed E-state index contributed by atoms with van der Waals surface area (Å²) in [5, 5.41) is 34.1. The summed E-state index contributed by atoms with van der Waals surface area (Å²) in [6.45, 7) is 2.40. The van der Waals surface area contributed by atoms with E-state index in [1.807, 2.05) is 18.2 Å². The lowest BCUT2D eigenvalue weighted by atomic mass is 10.1. The summed E-state index contributed by atoms with van der Waals surface area (Å²) in [6, 6.07) is 13.0.